The van der Waals surface area contributed by atoms with Crippen LogP contribution in [0.2, 0.25) is 0 Å². The summed E-state index contributed by atoms with van der Waals surface area (Å²) < 4.78 is 16.6. The van der Waals surface area contributed by atoms with Crippen molar-refractivity contribution in [1.29, 1.82) is 0 Å². The molecular weight excluding hydrogens is 731 g/mol. The monoisotopic (exact) mass is 787 g/mol. The molecule has 0 N–H and O–H groups in total. The zero-order valence-corrected chi connectivity index (χ0v) is 35.3. The number of aryl methyl sites for hydroxylation is 3. The van der Waals surface area contributed by atoms with Crippen LogP contribution < -0.4 is 0 Å². The number of para-hydroxylation sites is 1. The van der Waals surface area contributed by atoms with E-state index in [4.69, 9.17) is 8.83 Å². The van der Waals surface area contributed by atoms with Gasteiger partial charge in [-0.25, -0.2) is 0 Å². The third kappa shape index (κ3) is 6.05. The lowest BCUT2D eigenvalue weighted by Gasteiger charge is -2.27. The first-order valence-electron chi connectivity index (χ1n) is 23.6. The predicted octanol–water partition coefficient (Wildman–Crippen LogP) is 16.0. The lowest BCUT2D eigenvalue weighted by atomic mass is 9.78. The molecule has 3 heterocycles. The molecule has 6 aliphatic carbocycles. The van der Waals surface area contributed by atoms with Crippen LogP contribution >= 0.6 is 0 Å². The highest BCUT2D eigenvalue weighted by Crippen LogP contribution is 2.50. The highest BCUT2D eigenvalue weighted by atomic mass is 16.3. The molecule has 60 heavy (non-hydrogen) atoms. The summed E-state index contributed by atoms with van der Waals surface area (Å²) >= 11 is 0. The number of rotatable bonds is 6. The fraction of sp³-hybridized carbons (Fsp3) is 0.368. The van der Waals surface area contributed by atoms with Crippen molar-refractivity contribution in [3.63, 3.8) is 0 Å². The first-order valence-corrected chi connectivity index (χ1v) is 23.6. The number of benzene rings is 3. The van der Waals surface area contributed by atoms with E-state index in [1.807, 2.05) is 0 Å². The fourth-order valence-corrected chi connectivity index (χ4v) is 12.4. The summed E-state index contributed by atoms with van der Waals surface area (Å²) in [6.45, 7) is 2.37. The number of aromatic nitrogens is 1. The van der Waals surface area contributed by atoms with Crippen molar-refractivity contribution >= 4 is 45.0 Å². The molecule has 0 radical (unpaired) electrons. The molecule has 3 nitrogen and oxygen atoms in total. The van der Waals surface area contributed by atoms with Crippen molar-refractivity contribution in [2.75, 3.05) is 0 Å². The second kappa shape index (κ2) is 15.0. The van der Waals surface area contributed by atoms with Crippen LogP contribution in [0.5, 0.6) is 0 Å². The largest absolute Gasteiger partial charge is 0.460 e. The molecule has 2 atom stereocenters. The minimum atomic E-state index is 0.461. The average molecular weight is 788 g/mol. The topological polar surface area (TPSA) is 31.2 Å². The number of furan rings is 2. The SMILES string of the molecule is CC1C=CC=CC1C1=C(/C=C\c2cc3c4c(oc3cc2C2CCCCC2)CCc2oc3cc(C5CCCCC5)c(-n5c6c(c7ccccc75)CCC=C6)cc3c2-4)C=CCC1. The zero-order valence-electron chi connectivity index (χ0n) is 35.3. The summed E-state index contributed by atoms with van der Waals surface area (Å²) in [6, 6.07) is 19.1. The van der Waals surface area contributed by atoms with Gasteiger partial charge in [0, 0.05) is 51.7 Å². The Kier molecular flexibility index (Phi) is 9.15. The van der Waals surface area contributed by atoms with Crippen LogP contribution in [-0.2, 0) is 19.3 Å². The second-order valence-electron chi connectivity index (χ2n) is 18.9. The van der Waals surface area contributed by atoms with Gasteiger partial charge in [0.2, 0.25) is 0 Å². The van der Waals surface area contributed by atoms with Crippen LogP contribution in [0.3, 0.4) is 0 Å². The number of hydrogen-bond donors (Lipinski definition) is 0. The van der Waals surface area contributed by atoms with Crippen molar-refractivity contribution < 1.29 is 8.83 Å². The average Bonchev–Trinajstić information content (AvgIpc) is 3.97. The van der Waals surface area contributed by atoms with E-state index < -0.39 is 0 Å². The van der Waals surface area contributed by atoms with E-state index >= 15 is 0 Å². The summed E-state index contributed by atoms with van der Waals surface area (Å²) in [7, 11) is 0. The van der Waals surface area contributed by atoms with Crippen LogP contribution in [0.4, 0.5) is 0 Å². The van der Waals surface area contributed by atoms with E-state index in [0.29, 0.717) is 23.7 Å². The Balaban J connectivity index is 1.05. The molecule has 0 spiro atoms. The minimum absolute atomic E-state index is 0.461. The van der Waals surface area contributed by atoms with E-state index in [-0.39, 0.29) is 0 Å². The van der Waals surface area contributed by atoms with E-state index in [9.17, 15) is 0 Å². The van der Waals surface area contributed by atoms with Gasteiger partial charge in [0.15, 0.2) is 0 Å². The van der Waals surface area contributed by atoms with E-state index in [2.05, 4.69) is 121 Å². The predicted molar refractivity (Wildman–Crippen MR) is 250 cm³/mol. The molecule has 302 valence electrons. The summed E-state index contributed by atoms with van der Waals surface area (Å²) in [5.41, 5.74) is 17.3. The van der Waals surface area contributed by atoms with Gasteiger partial charge >= 0.3 is 0 Å². The molecule has 12 rings (SSSR count). The van der Waals surface area contributed by atoms with Crippen LogP contribution in [-0.4, -0.2) is 4.57 Å². The molecular formula is C57H57NO2. The summed E-state index contributed by atoms with van der Waals surface area (Å²) in [5.74, 6) is 4.31. The Morgan fingerprint density at radius 1 is 0.633 bits per heavy atom. The standard InChI is InChI=1S/C57H57NO2/c1-36-16-8-10-22-41(36)42-23-11-9-21-39(42)28-29-40-32-47-54(34-45(40)37-17-4-2-5-18-37)59-52-30-31-53-57(56(47)52)48-33-51(46(35-55(48)60-53)38-19-6-3-7-20-38)58-49-26-14-12-24-43(49)44-25-13-15-27-50(44)58/h8-10,12,14-16,21-22,24,26-29,32-38,41H,2-7,11,13,17-20,23,25,30-31H2,1H3/b29-28-. The molecule has 2 fully saturated rings. The third-order valence-electron chi connectivity index (χ3n) is 15.4. The maximum absolute atomic E-state index is 7.02. The number of nitrogens with zero attached hydrogens (tertiary/aromatic N) is 1. The van der Waals surface area contributed by atoms with E-state index in [1.54, 1.807) is 5.57 Å². The lowest BCUT2D eigenvalue weighted by Crippen LogP contribution is -2.14. The molecule has 2 saturated carbocycles. The third-order valence-corrected chi connectivity index (χ3v) is 15.4. The van der Waals surface area contributed by atoms with Gasteiger partial charge in [0.05, 0.1) is 11.2 Å². The first kappa shape index (κ1) is 36.6. The summed E-state index contributed by atoms with van der Waals surface area (Å²) in [4.78, 5) is 0. The Hall–Kier alpha value is -5.28. The molecule has 0 bridgehead atoms. The van der Waals surface area contributed by atoms with Crippen LogP contribution in [0.1, 0.15) is 142 Å². The van der Waals surface area contributed by atoms with Crippen LogP contribution in [0.15, 0.2) is 117 Å². The van der Waals surface area contributed by atoms with Crippen LogP contribution in [0, 0.1) is 11.8 Å². The summed E-state index contributed by atoms with van der Waals surface area (Å²) in [5, 5.41) is 3.86. The molecule has 3 heteroatoms. The van der Waals surface area contributed by atoms with Crippen molar-refractivity contribution in [3.8, 4) is 16.8 Å². The van der Waals surface area contributed by atoms with Crippen molar-refractivity contribution in [2.24, 2.45) is 11.8 Å². The first-order chi connectivity index (χ1) is 29.7. The Labute approximate surface area is 354 Å². The van der Waals surface area contributed by atoms with Gasteiger partial charge in [0.1, 0.15) is 22.7 Å². The van der Waals surface area contributed by atoms with E-state index in [0.717, 1.165) is 61.2 Å². The number of allylic oxidation sites excluding steroid dienone is 10. The number of fused-ring (bicyclic) bond motifs is 10. The Morgan fingerprint density at radius 3 is 2.07 bits per heavy atom. The molecule has 2 unspecified atom stereocenters. The normalized spacial score (nSPS) is 22.1. The van der Waals surface area contributed by atoms with Gasteiger partial charge in [-0.2, -0.15) is 0 Å². The van der Waals surface area contributed by atoms with Gasteiger partial charge in [-0.3, -0.25) is 0 Å². The molecule has 0 saturated heterocycles. The minimum Gasteiger partial charge on any atom is -0.460 e. The van der Waals surface area contributed by atoms with Gasteiger partial charge in [-0.15, -0.1) is 0 Å². The van der Waals surface area contributed by atoms with Gasteiger partial charge < -0.3 is 13.4 Å². The van der Waals surface area contributed by atoms with Gasteiger partial charge in [0.25, 0.3) is 0 Å². The second-order valence-corrected chi connectivity index (χ2v) is 18.9. The summed E-state index contributed by atoms with van der Waals surface area (Å²) in [6.07, 6.45) is 42.8. The Morgan fingerprint density at radius 2 is 1.30 bits per heavy atom. The van der Waals surface area contributed by atoms with Crippen molar-refractivity contribution in [2.45, 2.75) is 121 Å². The molecule has 3 aromatic carbocycles. The van der Waals surface area contributed by atoms with Gasteiger partial charge in [-0.05, 0) is 133 Å². The van der Waals surface area contributed by atoms with Gasteiger partial charge in [-0.1, -0.05) is 124 Å². The van der Waals surface area contributed by atoms with Crippen molar-refractivity contribution in [1.82, 2.24) is 4.57 Å². The zero-order chi connectivity index (χ0) is 39.7. The highest BCUT2D eigenvalue weighted by molar-refractivity contribution is 6.08. The highest BCUT2D eigenvalue weighted by Gasteiger charge is 2.32. The molecule has 6 aliphatic rings. The molecule has 6 aromatic rings. The smallest absolute Gasteiger partial charge is 0.135 e. The molecule has 0 amide bonds. The molecule has 0 aliphatic heterocycles. The lowest BCUT2D eigenvalue weighted by molar-refractivity contribution is 0.442. The molecule has 3 aromatic heterocycles. The maximum atomic E-state index is 7.02. The van der Waals surface area contributed by atoms with E-state index in [1.165, 1.54) is 136 Å². The quantitative estimate of drug-likeness (QED) is 0.168. The van der Waals surface area contributed by atoms with Crippen LogP contribution in [0.25, 0.3) is 61.8 Å². The fourth-order valence-electron chi connectivity index (χ4n) is 12.4. The number of hydrogen-bond acceptors (Lipinski definition) is 2. The Bertz CT molecular complexity index is 2860. The maximum Gasteiger partial charge on any atom is 0.135 e. The van der Waals surface area contributed by atoms with Crippen molar-refractivity contribution in [3.05, 3.63) is 148 Å².